The van der Waals surface area contributed by atoms with Gasteiger partial charge in [0.1, 0.15) is 17.4 Å². The molecule has 0 aliphatic carbocycles. The third kappa shape index (κ3) is 2.57. The van der Waals surface area contributed by atoms with E-state index in [-0.39, 0.29) is 17.0 Å². The van der Waals surface area contributed by atoms with Gasteiger partial charge < -0.3 is 15.0 Å². The predicted molar refractivity (Wildman–Crippen MR) is 109 cm³/mol. The van der Waals surface area contributed by atoms with E-state index < -0.39 is 5.92 Å². The number of hydrogen-bond acceptors (Lipinski definition) is 4. The zero-order chi connectivity index (χ0) is 20.0. The molecule has 2 aromatic carbocycles. The lowest BCUT2D eigenvalue weighted by atomic mass is 9.82. The highest BCUT2D eigenvalue weighted by Crippen LogP contribution is 2.43. The van der Waals surface area contributed by atoms with Crippen molar-refractivity contribution in [3.05, 3.63) is 87.0 Å². The molecule has 4 rings (SSSR count). The van der Waals surface area contributed by atoms with Gasteiger partial charge in [-0.2, -0.15) is 5.26 Å². The molecule has 5 heteroatoms. The van der Waals surface area contributed by atoms with E-state index in [0.29, 0.717) is 17.2 Å². The predicted octanol–water partition coefficient (Wildman–Crippen LogP) is 3.88. The van der Waals surface area contributed by atoms with E-state index in [9.17, 15) is 10.1 Å². The molecule has 0 spiro atoms. The van der Waals surface area contributed by atoms with E-state index in [1.54, 1.807) is 11.6 Å². The van der Waals surface area contributed by atoms with Crippen molar-refractivity contribution < 1.29 is 4.74 Å². The van der Waals surface area contributed by atoms with E-state index in [1.807, 2.05) is 48.5 Å². The number of fused-ring (bicyclic) bond motifs is 3. The number of benzene rings is 2. The quantitative estimate of drug-likeness (QED) is 0.741. The Bertz CT molecular complexity index is 1210. The number of nitrogens with two attached hydrogens (primary N) is 1. The second kappa shape index (κ2) is 6.58. The summed E-state index contributed by atoms with van der Waals surface area (Å²) in [5.74, 6) is 0.321. The zero-order valence-electron chi connectivity index (χ0n) is 16.1. The van der Waals surface area contributed by atoms with Crippen LogP contribution in [0.15, 0.2) is 64.8 Å². The summed E-state index contributed by atoms with van der Waals surface area (Å²) in [6, 6.07) is 17.7. The number of para-hydroxylation sites is 1. The molecule has 0 amide bonds. The van der Waals surface area contributed by atoms with Crippen LogP contribution in [-0.2, 0) is 7.05 Å². The molecule has 140 valence electrons. The van der Waals surface area contributed by atoms with Crippen molar-refractivity contribution in [2.45, 2.75) is 25.7 Å². The van der Waals surface area contributed by atoms with Crippen LogP contribution >= 0.6 is 0 Å². The SMILES string of the molecule is CC(C)c1ccc([C@H]2C(C#N)=C(N)Oc3c2c(=O)n(C)c2ccccc32)cc1. The van der Waals surface area contributed by atoms with Crippen LogP contribution in [0.1, 0.15) is 42.4 Å². The first-order valence-corrected chi connectivity index (χ1v) is 9.23. The molecule has 1 aliphatic rings. The number of hydrogen-bond donors (Lipinski definition) is 1. The Kier molecular flexibility index (Phi) is 4.20. The summed E-state index contributed by atoms with van der Waals surface area (Å²) in [5.41, 5.74) is 9.44. The van der Waals surface area contributed by atoms with Crippen LogP contribution in [-0.4, -0.2) is 4.57 Å². The minimum absolute atomic E-state index is 0.0475. The van der Waals surface area contributed by atoms with Gasteiger partial charge in [0.05, 0.1) is 17.0 Å². The van der Waals surface area contributed by atoms with Crippen molar-refractivity contribution in [2.24, 2.45) is 12.8 Å². The van der Waals surface area contributed by atoms with Gasteiger partial charge in [0.25, 0.3) is 5.56 Å². The normalized spacial score (nSPS) is 16.0. The van der Waals surface area contributed by atoms with E-state index in [2.05, 4.69) is 19.9 Å². The summed E-state index contributed by atoms with van der Waals surface area (Å²) < 4.78 is 7.42. The minimum atomic E-state index is -0.557. The number of nitrogens with zero attached hydrogens (tertiary/aromatic N) is 2. The first-order valence-electron chi connectivity index (χ1n) is 9.23. The third-order valence-electron chi connectivity index (χ3n) is 5.40. The Morgan fingerprint density at radius 2 is 1.82 bits per heavy atom. The first kappa shape index (κ1) is 17.9. The second-order valence-electron chi connectivity index (χ2n) is 7.37. The summed E-state index contributed by atoms with van der Waals surface area (Å²) in [5, 5.41) is 10.6. The van der Waals surface area contributed by atoms with Gasteiger partial charge in [-0.1, -0.05) is 50.2 Å². The van der Waals surface area contributed by atoms with Gasteiger partial charge in [-0.05, 0) is 29.2 Å². The molecule has 0 saturated carbocycles. The fourth-order valence-electron chi connectivity index (χ4n) is 3.83. The lowest BCUT2D eigenvalue weighted by Crippen LogP contribution is -2.31. The molecule has 3 aromatic rings. The van der Waals surface area contributed by atoms with E-state index in [0.717, 1.165) is 16.5 Å². The van der Waals surface area contributed by atoms with Gasteiger partial charge in [0, 0.05) is 12.4 Å². The molecule has 0 unspecified atom stereocenters. The summed E-state index contributed by atoms with van der Waals surface area (Å²) in [7, 11) is 1.73. The maximum absolute atomic E-state index is 13.3. The third-order valence-corrected chi connectivity index (χ3v) is 5.40. The fraction of sp³-hybridized carbons (Fsp3) is 0.217. The van der Waals surface area contributed by atoms with E-state index in [1.165, 1.54) is 5.56 Å². The molecule has 28 heavy (non-hydrogen) atoms. The Labute approximate surface area is 163 Å². The van der Waals surface area contributed by atoms with Crippen molar-refractivity contribution in [1.29, 1.82) is 5.26 Å². The van der Waals surface area contributed by atoms with Crippen LogP contribution < -0.4 is 16.0 Å². The highest BCUT2D eigenvalue weighted by molar-refractivity contribution is 5.88. The lowest BCUT2D eigenvalue weighted by Gasteiger charge is -2.27. The summed E-state index contributed by atoms with van der Waals surface area (Å²) >= 11 is 0. The molecule has 1 atom stereocenters. The smallest absolute Gasteiger partial charge is 0.258 e. The van der Waals surface area contributed by atoms with Gasteiger partial charge in [-0.3, -0.25) is 4.79 Å². The van der Waals surface area contributed by atoms with Gasteiger partial charge in [-0.15, -0.1) is 0 Å². The average molecular weight is 371 g/mol. The van der Waals surface area contributed by atoms with Crippen molar-refractivity contribution in [3.63, 3.8) is 0 Å². The number of nitriles is 1. The molecule has 0 radical (unpaired) electrons. The second-order valence-corrected chi connectivity index (χ2v) is 7.37. The summed E-state index contributed by atoms with van der Waals surface area (Å²) in [4.78, 5) is 13.3. The van der Waals surface area contributed by atoms with Crippen molar-refractivity contribution in [2.75, 3.05) is 0 Å². The number of ether oxygens (including phenoxy) is 1. The number of rotatable bonds is 2. The Morgan fingerprint density at radius 3 is 2.46 bits per heavy atom. The van der Waals surface area contributed by atoms with Crippen molar-refractivity contribution >= 4 is 10.9 Å². The molecular weight excluding hydrogens is 350 g/mol. The molecule has 2 heterocycles. The van der Waals surface area contributed by atoms with Crippen LogP contribution in [0.5, 0.6) is 5.75 Å². The van der Waals surface area contributed by atoms with Crippen LogP contribution in [0.2, 0.25) is 0 Å². The highest BCUT2D eigenvalue weighted by atomic mass is 16.5. The summed E-state index contributed by atoms with van der Waals surface area (Å²) in [6.45, 7) is 4.25. The molecule has 0 saturated heterocycles. The Balaban J connectivity index is 2.04. The van der Waals surface area contributed by atoms with Crippen molar-refractivity contribution in [1.82, 2.24) is 4.57 Å². The van der Waals surface area contributed by atoms with Gasteiger partial charge in [0.2, 0.25) is 5.88 Å². The Hall–Kier alpha value is -3.52. The monoisotopic (exact) mass is 371 g/mol. The number of aryl methyl sites for hydroxylation is 1. The first-order chi connectivity index (χ1) is 13.4. The fourth-order valence-corrected chi connectivity index (χ4v) is 3.83. The maximum atomic E-state index is 13.3. The topological polar surface area (TPSA) is 81.0 Å². The number of aromatic nitrogens is 1. The highest BCUT2D eigenvalue weighted by Gasteiger charge is 2.35. The largest absolute Gasteiger partial charge is 0.439 e. The number of pyridine rings is 1. The van der Waals surface area contributed by atoms with Gasteiger partial charge in [0.15, 0.2) is 0 Å². The average Bonchev–Trinajstić information content (AvgIpc) is 2.71. The minimum Gasteiger partial charge on any atom is -0.439 e. The van der Waals surface area contributed by atoms with Crippen LogP contribution in [0.4, 0.5) is 0 Å². The number of allylic oxidation sites excluding steroid dienone is 1. The molecule has 0 bridgehead atoms. The standard InChI is InChI=1S/C23H21N3O2/c1-13(2)14-8-10-15(11-9-14)19-17(12-24)22(25)28-21-16-6-4-5-7-18(16)26(3)23(27)20(19)21/h4-11,13,19H,25H2,1-3H3/t19-/m0/s1. The van der Waals surface area contributed by atoms with Crippen LogP contribution in [0.25, 0.3) is 10.9 Å². The zero-order valence-corrected chi connectivity index (χ0v) is 16.1. The van der Waals surface area contributed by atoms with Crippen LogP contribution in [0.3, 0.4) is 0 Å². The van der Waals surface area contributed by atoms with Gasteiger partial charge in [-0.25, -0.2) is 0 Å². The molecule has 0 fully saturated rings. The molecule has 1 aromatic heterocycles. The van der Waals surface area contributed by atoms with Crippen LogP contribution in [0, 0.1) is 11.3 Å². The van der Waals surface area contributed by atoms with Gasteiger partial charge >= 0.3 is 0 Å². The summed E-state index contributed by atoms with van der Waals surface area (Å²) in [6.07, 6.45) is 0. The Morgan fingerprint density at radius 1 is 1.14 bits per heavy atom. The molecule has 2 N–H and O–H groups in total. The van der Waals surface area contributed by atoms with E-state index in [4.69, 9.17) is 10.5 Å². The molecule has 1 aliphatic heterocycles. The van der Waals surface area contributed by atoms with E-state index >= 15 is 0 Å². The molecular formula is C23H21N3O2. The van der Waals surface area contributed by atoms with Crippen molar-refractivity contribution in [3.8, 4) is 11.8 Å². The molecule has 5 nitrogen and oxygen atoms in total. The maximum Gasteiger partial charge on any atom is 0.258 e. The lowest BCUT2D eigenvalue weighted by molar-refractivity contribution is 0.396.